The van der Waals surface area contributed by atoms with Crippen molar-refractivity contribution in [2.45, 2.75) is 46.5 Å². The maximum Gasteiger partial charge on any atom is 0.250 e. The molecule has 142 valence electrons. The average molecular weight is 366 g/mol. The topological polar surface area (TPSA) is 57.7 Å². The second-order valence-corrected chi connectivity index (χ2v) is 8.67. The van der Waals surface area contributed by atoms with Gasteiger partial charge in [0.15, 0.2) is 0 Å². The minimum Gasteiger partial charge on any atom is -0.318 e. The SMILES string of the molecule is CC12CCC(C(=O)N3C=CCCC3)(C(=O)N(c3ccccc3)C1=O)C2(C)C. The number of piperidine rings is 1. The predicted molar refractivity (Wildman–Crippen MR) is 103 cm³/mol. The van der Waals surface area contributed by atoms with Crippen LogP contribution >= 0.6 is 0 Å². The molecule has 2 aliphatic heterocycles. The Labute approximate surface area is 160 Å². The lowest BCUT2D eigenvalue weighted by molar-refractivity contribution is -0.166. The first-order valence-corrected chi connectivity index (χ1v) is 9.69. The minimum atomic E-state index is -1.22. The Kier molecular flexibility index (Phi) is 3.85. The van der Waals surface area contributed by atoms with Crippen LogP contribution in [0.15, 0.2) is 42.6 Å². The molecule has 1 saturated heterocycles. The van der Waals surface area contributed by atoms with Gasteiger partial charge in [-0.05, 0) is 37.8 Å². The van der Waals surface area contributed by atoms with E-state index in [2.05, 4.69) is 0 Å². The highest BCUT2D eigenvalue weighted by Crippen LogP contribution is 2.67. The Morgan fingerprint density at radius 1 is 1.00 bits per heavy atom. The summed E-state index contributed by atoms with van der Waals surface area (Å²) in [5.74, 6) is -0.730. The molecule has 1 aromatic rings. The van der Waals surface area contributed by atoms with Crippen LogP contribution in [0.25, 0.3) is 0 Å². The number of rotatable bonds is 2. The third-order valence-corrected chi connectivity index (χ3v) is 7.39. The zero-order valence-electron chi connectivity index (χ0n) is 16.2. The molecule has 0 radical (unpaired) electrons. The lowest BCUT2D eigenvalue weighted by Gasteiger charge is -2.53. The summed E-state index contributed by atoms with van der Waals surface area (Å²) >= 11 is 0. The van der Waals surface area contributed by atoms with Crippen LogP contribution in [0, 0.1) is 16.2 Å². The molecule has 2 heterocycles. The molecule has 27 heavy (non-hydrogen) atoms. The number of carbonyl (C=O) groups is 3. The molecule has 2 atom stereocenters. The fraction of sp³-hybridized carbons (Fsp3) is 0.500. The van der Waals surface area contributed by atoms with Gasteiger partial charge in [0, 0.05) is 18.2 Å². The zero-order chi connectivity index (χ0) is 19.4. The maximum absolute atomic E-state index is 13.8. The highest BCUT2D eigenvalue weighted by Gasteiger charge is 2.76. The largest absolute Gasteiger partial charge is 0.318 e. The fourth-order valence-electron chi connectivity index (χ4n) is 5.16. The Morgan fingerprint density at radius 2 is 1.70 bits per heavy atom. The fourth-order valence-corrected chi connectivity index (χ4v) is 5.16. The van der Waals surface area contributed by atoms with Crippen LogP contribution in [0.2, 0.25) is 0 Å². The summed E-state index contributed by atoms with van der Waals surface area (Å²) in [6, 6.07) is 8.98. The van der Waals surface area contributed by atoms with Crippen LogP contribution < -0.4 is 4.90 Å². The molecule has 5 heteroatoms. The molecule has 5 nitrogen and oxygen atoms in total. The van der Waals surface area contributed by atoms with E-state index in [1.54, 1.807) is 17.0 Å². The van der Waals surface area contributed by atoms with Crippen molar-refractivity contribution in [1.82, 2.24) is 4.90 Å². The van der Waals surface area contributed by atoms with E-state index in [0.717, 1.165) is 12.8 Å². The molecule has 0 spiro atoms. The third-order valence-electron chi connectivity index (χ3n) is 7.39. The number of hydrogen-bond donors (Lipinski definition) is 0. The number of benzene rings is 1. The average Bonchev–Trinajstić information content (AvgIpc) is 2.84. The molecule has 4 rings (SSSR count). The van der Waals surface area contributed by atoms with Gasteiger partial charge in [-0.2, -0.15) is 0 Å². The van der Waals surface area contributed by atoms with Gasteiger partial charge in [0.05, 0.1) is 11.1 Å². The number of imide groups is 1. The van der Waals surface area contributed by atoms with Crippen molar-refractivity contribution >= 4 is 23.4 Å². The minimum absolute atomic E-state index is 0.161. The molecular formula is C22H26N2O3. The van der Waals surface area contributed by atoms with Crippen molar-refractivity contribution in [3.05, 3.63) is 42.6 Å². The van der Waals surface area contributed by atoms with Gasteiger partial charge in [-0.1, -0.05) is 45.0 Å². The number of anilines is 1. The lowest BCUT2D eigenvalue weighted by Crippen LogP contribution is -2.68. The number of fused-ring (bicyclic) bond motifs is 2. The van der Waals surface area contributed by atoms with E-state index in [0.29, 0.717) is 25.1 Å². The summed E-state index contributed by atoms with van der Waals surface area (Å²) in [7, 11) is 0. The lowest BCUT2D eigenvalue weighted by atomic mass is 9.54. The van der Waals surface area contributed by atoms with Crippen LogP contribution in [0.1, 0.15) is 46.5 Å². The van der Waals surface area contributed by atoms with Gasteiger partial charge in [-0.3, -0.25) is 14.4 Å². The van der Waals surface area contributed by atoms with Gasteiger partial charge in [-0.15, -0.1) is 0 Å². The van der Waals surface area contributed by atoms with E-state index in [-0.39, 0.29) is 17.7 Å². The summed E-state index contributed by atoms with van der Waals surface area (Å²) in [6.45, 7) is 6.38. The van der Waals surface area contributed by atoms with E-state index in [1.807, 2.05) is 51.2 Å². The highest BCUT2D eigenvalue weighted by atomic mass is 16.2. The molecule has 3 aliphatic rings. The number of carbonyl (C=O) groups excluding carboxylic acids is 3. The van der Waals surface area contributed by atoms with Crippen LogP contribution in [-0.2, 0) is 14.4 Å². The summed E-state index contributed by atoms with van der Waals surface area (Å²) in [4.78, 5) is 43.9. The Morgan fingerprint density at radius 3 is 2.33 bits per heavy atom. The molecule has 0 aromatic heterocycles. The molecule has 2 unspecified atom stereocenters. The number of para-hydroxylation sites is 1. The quantitative estimate of drug-likeness (QED) is 0.594. The standard InChI is InChI=1S/C22H26N2O3/c1-20(2)21(3)12-13-22(20,18(26)23-14-8-5-9-15-23)19(27)24(17(21)25)16-10-6-4-7-11-16/h4,6-8,10-11,14H,5,9,12-13,15H2,1-3H3. The van der Waals surface area contributed by atoms with Gasteiger partial charge < -0.3 is 4.90 Å². The number of nitrogens with zero attached hydrogens (tertiary/aromatic N) is 2. The van der Waals surface area contributed by atoms with Gasteiger partial charge in [0.1, 0.15) is 5.41 Å². The highest BCUT2D eigenvalue weighted by molar-refractivity contribution is 6.27. The van der Waals surface area contributed by atoms with Crippen molar-refractivity contribution in [3.8, 4) is 0 Å². The summed E-state index contributed by atoms with van der Waals surface area (Å²) in [5, 5.41) is 0. The first-order valence-electron chi connectivity index (χ1n) is 9.69. The van der Waals surface area contributed by atoms with Crippen LogP contribution in [-0.4, -0.2) is 29.2 Å². The Bertz CT molecular complexity index is 844. The van der Waals surface area contributed by atoms with E-state index in [9.17, 15) is 14.4 Å². The van der Waals surface area contributed by atoms with Gasteiger partial charge in [0.2, 0.25) is 17.7 Å². The van der Waals surface area contributed by atoms with Gasteiger partial charge in [0.25, 0.3) is 0 Å². The van der Waals surface area contributed by atoms with Crippen LogP contribution in [0.3, 0.4) is 0 Å². The molecule has 1 saturated carbocycles. The molecule has 1 aromatic carbocycles. The predicted octanol–water partition coefficient (Wildman–Crippen LogP) is 3.51. The summed E-state index contributed by atoms with van der Waals surface area (Å²) in [5.41, 5.74) is -2.18. The molecule has 3 amide bonds. The maximum atomic E-state index is 13.8. The van der Waals surface area contributed by atoms with Crippen molar-refractivity contribution in [2.75, 3.05) is 11.4 Å². The molecule has 2 bridgehead atoms. The van der Waals surface area contributed by atoms with E-state index < -0.39 is 16.2 Å². The molecule has 2 fully saturated rings. The second kappa shape index (κ2) is 5.78. The molecule has 0 N–H and O–H groups in total. The second-order valence-electron chi connectivity index (χ2n) is 8.67. The number of allylic oxidation sites excluding steroid dienone is 1. The van der Waals surface area contributed by atoms with Crippen LogP contribution in [0.5, 0.6) is 0 Å². The molecular weight excluding hydrogens is 340 g/mol. The van der Waals surface area contributed by atoms with E-state index >= 15 is 0 Å². The Hall–Kier alpha value is -2.43. The molecule has 1 aliphatic carbocycles. The zero-order valence-corrected chi connectivity index (χ0v) is 16.2. The number of amides is 3. The first-order chi connectivity index (χ1) is 12.8. The number of hydrogen-bond acceptors (Lipinski definition) is 3. The normalized spacial score (nSPS) is 32.1. The van der Waals surface area contributed by atoms with Gasteiger partial charge >= 0.3 is 0 Å². The van der Waals surface area contributed by atoms with Crippen molar-refractivity contribution in [1.29, 1.82) is 0 Å². The first kappa shape index (κ1) is 18.0. The van der Waals surface area contributed by atoms with E-state index in [4.69, 9.17) is 0 Å². The van der Waals surface area contributed by atoms with E-state index in [1.165, 1.54) is 4.90 Å². The summed E-state index contributed by atoms with van der Waals surface area (Å²) < 4.78 is 0. The monoisotopic (exact) mass is 366 g/mol. The van der Waals surface area contributed by atoms with Gasteiger partial charge in [-0.25, -0.2) is 4.90 Å². The summed E-state index contributed by atoms with van der Waals surface area (Å²) in [6.07, 6.45) is 6.58. The Balaban J connectivity index is 1.88. The van der Waals surface area contributed by atoms with Crippen molar-refractivity contribution in [3.63, 3.8) is 0 Å². The smallest absolute Gasteiger partial charge is 0.250 e. The van der Waals surface area contributed by atoms with Crippen LogP contribution in [0.4, 0.5) is 5.69 Å². The van der Waals surface area contributed by atoms with Crippen molar-refractivity contribution in [2.24, 2.45) is 16.2 Å². The third kappa shape index (κ3) is 2.08. The van der Waals surface area contributed by atoms with Crippen molar-refractivity contribution < 1.29 is 14.4 Å².